The van der Waals surface area contributed by atoms with E-state index in [4.69, 9.17) is 5.11 Å². The molecule has 0 saturated heterocycles. The number of aryl methyl sites for hydroxylation is 1. The third-order valence-corrected chi connectivity index (χ3v) is 3.93. The highest BCUT2D eigenvalue weighted by atomic mass is 32.2. The van der Waals surface area contributed by atoms with E-state index in [0.29, 0.717) is 22.0 Å². The van der Waals surface area contributed by atoms with Gasteiger partial charge in [-0.25, -0.2) is 13.4 Å². The van der Waals surface area contributed by atoms with E-state index in [2.05, 4.69) is 4.98 Å². The summed E-state index contributed by atoms with van der Waals surface area (Å²) in [6, 6.07) is 0. The van der Waals surface area contributed by atoms with Gasteiger partial charge in [-0.3, -0.25) is 4.79 Å². The van der Waals surface area contributed by atoms with Crippen LogP contribution in [-0.4, -0.2) is 30.7 Å². The third-order valence-electron chi connectivity index (χ3n) is 1.85. The standard InChI is InChI=1S/C9H13NO4S2/c1-3-6-7(4-9(11)12)15-8(10-6)5-16(2,13)14/h3-5H2,1-2H3,(H,11,12). The number of hydrogen-bond acceptors (Lipinski definition) is 5. The van der Waals surface area contributed by atoms with Crippen LogP contribution in [-0.2, 0) is 33.2 Å². The zero-order valence-corrected chi connectivity index (χ0v) is 10.7. The summed E-state index contributed by atoms with van der Waals surface area (Å²) >= 11 is 1.17. The summed E-state index contributed by atoms with van der Waals surface area (Å²) in [7, 11) is -3.12. The van der Waals surface area contributed by atoms with E-state index in [-0.39, 0.29) is 12.2 Å². The molecule has 1 heterocycles. The molecule has 1 N–H and O–H groups in total. The van der Waals surface area contributed by atoms with E-state index in [1.807, 2.05) is 6.92 Å². The second-order valence-electron chi connectivity index (χ2n) is 3.47. The molecule has 0 spiro atoms. The molecule has 0 aromatic carbocycles. The number of nitrogens with zero attached hydrogens (tertiary/aromatic N) is 1. The average molecular weight is 263 g/mol. The number of carboxylic acids is 1. The van der Waals surface area contributed by atoms with Gasteiger partial charge in [-0.15, -0.1) is 11.3 Å². The Morgan fingerprint density at radius 3 is 2.56 bits per heavy atom. The lowest BCUT2D eigenvalue weighted by Crippen LogP contribution is -2.00. The summed E-state index contributed by atoms with van der Waals surface area (Å²) in [4.78, 5) is 15.4. The highest BCUT2D eigenvalue weighted by Crippen LogP contribution is 2.21. The lowest BCUT2D eigenvalue weighted by Gasteiger charge is -1.93. The first-order chi connectivity index (χ1) is 7.31. The van der Waals surface area contributed by atoms with Crippen LogP contribution in [0, 0.1) is 0 Å². The number of hydrogen-bond donors (Lipinski definition) is 1. The van der Waals surface area contributed by atoms with Crippen molar-refractivity contribution in [3.05, 3.63) is 15.6 Å². The molecule has 1 aromatic heterocycles. The van der Waals surface area contributed by atoms with Gasteiger partial charge < -0.3 is 5.11 Å². The summed E-state index contributed by atoms with van der Waals surface area (Å²) in [6.45, 7) is 1.87. The molecular formula is C9H13NO4S2. The van der Waals surface area contributed by atoms with Crippen LogP contribution in [0.3, 0.4) is 0 Å². The molecule has 16 heavy (non-hydrogen) atoms. The smallest absolute Gasteiger partial charge is 0.308 e. The summed E-state index contributed by atoms with van der Waals surface area (Å²) in [5.41, 5.74) is 0.686. The number of sulfone groups is 1. The minimum Gasteiger partial charge on any atom is -0.481 e. The van der Waals surface area contributed by atoms with Crippen molar-refractivity contribution in [3.8, 4) is 0 Å². The number of aromatic nitrogens is 1. The molecule has 0 saturated carbocycles. The molecule has 1 rings (SSSR count). The molecular weight excluding hydrogens is 250 g/mol. The van der Waals surface area contributed by atoms with Gasteiger partial charge in [-0.1, -0.05) is 6.92 Å². The quantitative estimate of drug-likeness (QED) is 0.852. The normalized spacial score (nSPS) is 11.6. The Kier molecular flexibility index (Phi) is 4.03. The second-order valence-corrected chi connectivity index (χ2v) is 6.78. The molecule has 90 valence electrons. The Bertz CT molecular complexity index is 490. The van der Waals surface area contributed by atoms with Crippen molar-refractivity contribution in [2.45, 2.75) is 25.5 Å². The lowest BCUT2D eigenvalue weighted by molar-refractivity contribution is -0.136. The maximum absolute atomic E-state index is 11.1. The van der Waals surface area contributed by atoms with Crippen molar-refractivity contribution in [1.29, 1.82) is 0 Å². The fourth-order valence-electron chi connectivity index (χ4n) is 1.27. The fraction of sp³-hybridized carbons (Fsp3) is 0.556. The van der Waals surface area contributed by atoms with Gasteiger partial charge in [0.25, 0.3) is 0 Å². The van der Waals surface area contributed by atoms with Crippen LogP contribution in [0.2, 0.25) is 0 Å². The average Bonchev–Trinajstić information content (AvgIpc) is 2.42. The van der Waals surface area contributed by atoms with Crippen molar-refractivity contribution in [3.63, 3.8) is 0 Å². The van der Waals surface area contributed by atoms with Gasteiger partial charge in [0.2, 0.25) is 0 Å². The van der Waals surface area contributed by atoms with Gasteiger partial charge in [0.1, 0.15) is 10.8 Å². The maximum Gasteiger partial charge on any atom is 0.308 e. The van der Waals surface area contributed by atoms with E-state index in [0.717, 1.165) is 6.26 Å². The zero-order valence-electron chi connectivity index (χ0n) is 9.06. The van der Waals surface area contributed by atoms with E-state index in [1.54, 1.807) is 0 Å². The largest absolute Gasteiger partial charge is 0.481 e. The first-order valence-corrected chi connectivity index (χ1v) is 7.56. The summed E-state index contributed by atoms with van der Waals surface area (Å²) in [5, 5.41) is 9.16. The topological polar surface area (TPSA) is 84.3 Å². The first-order valence-electron chi connectivity index (χ1n) is 4.68. The molecule has 0 unspecified atom stereocenters. The molecule has 0 atom stereocenters. The zero-order chi connectivity index (χ0) is 12.3. The monoisotopic (exact) mass is 263 g/mol. The molecule has 0 fully saturated rings. The van der Waals surface area contributed by atoms with E-state index >= 15 is 0 Å². The lowest BCUT2D eigenvalue weighted by atomic mass is 10.2. The molecule has 1 aromatic rings. The fourth-order valence-corrected chi connectivity index (χ4v) is 3.61. The van der Waals surface area contributed by atoms with Crippen LogP contribution in [0.25, 0.3) is 0 Å². The van der Waals surface area contributed by atoms with Crippen LogP contribution in [0.4, 0.5) is 0 Å². The molecule has 0 aliphatic heterocycles. The first kappa shape index (κ1) is 13.1. The number of rotatable bonds is 5. The van der Waals surface area contributed by atoms with Crippen LogP contribution in [0.15, 0.2) is 0 Å². The summed E-state index contributed by atoms with van der Waals surface area (Å²) < 4.78 is 22.2. The highest BCUT2D eigenvalue weighted by Gasteiger charge is 2.15. The Morgan fingerprint density at radius 1 is 1.50 bits per heavy atom. The van der Waals surface area contributed by atoms with E-state index in [1.165, 1.54) is 11.3 Å². The number of carbonyl (C=O) groups is 1. The van der Waals surface area contributed by atoms with Gasteiger partial charge >= 0.3 is 5.97 Å². The predicted molar refractivity (Wildman–Crippen MR) is 61.4 cm³/mol. The molecule has 0 bridgehead atoms. The molecule has 0 amide bonds. The second kappa shape index (κ2) is 4.92. The number of aliphatic carboxylic acids is 1. The minimum absolute atomic E-state index is 0.0927. The molecule has 7 heteroatoms. The summed E-state index contributed by atoms with van der Waals surface area (Å²) in [5.74, 6) is -1.05. The van der Waals surface area contributed by atoms with E-state index in [9.17, 15) is 13.2 Å². The van der Waals surface area contributed by atoms with Crippen molar-refractivity contribution in [1.82, 2.24) is 4.98 Å². The molecule has 0 radical (unpaired) electrons. The molecule has 0 aliphatic carbocycles. The Hall–Kier alpha value is -0.950. The Balaban J connectivity index is 2.98. The SMILES string of the molecule is CCc1nc(CS(C)(=O)=O)sc1CC(=O)O. The highest BCUT2D eigenvalue weighted by molar-refractivity contribution is 7.90. The summed E-state index contributed by atoms with van der Waals surface area (Å²) in [6.07, 6.45) is 1.66. The number of carboxylic acid groups (broad SMARTS) is 1. The van der Waals surface area contributed by atoms with Gasteiger partial charge in [0.15, 0.2) is 9.84 Å². The third kappa shape index (κ3) is 3.90. The van der Waals surface area contributed by atoms with Crippen LogP contribution in [0.1, 0.15) is 22.5 Å². The Labute approximate surface area is 98.1 Å². The Morgan fingerprint density at radius 2 is 2.12 bits per heavy atom. The van der Waals surface area contributed by atoms with Crippen LogP contribution >= 0.6 is 11.3 Å². The number of thiazole rings is 1. The van der Waals surface area contributed by atoms with Crippen molar-refractivity contribution in [2.75, 3.05) is 6.26 Å². The van der Waals surface area contributed by atoms with Gasteiger partial charge in [0, 0.05) is 11.1 Å². The van der Waals surface area contributed by atoms with Crippen molar-refractivity contribution < 1.29 is 18.3 Å². The van der Waals surface area contributed by atoms with E-state index < -0.39 is 15.8 Å². The van der Waals surface area contributed by atoms with Gasteiger partial charge in [-0.05, 0) is 6.42 Å². The molecule has 5 nitrogen and oxygen atoms in total. The van der Waals surface area contributed by atoms with Crippen LogP contribution < -0.4 is 0 Å². The van der Waals surface area contributed by atoms with Gasteiger partial charge in [0.05, 0.1) is 12.1 Å². The molecule has 0 aliphatic rings. The van der Waals surface area contributed by atoms with Crippen LogP contribution in [0.5, 0.6) is 0 Å². The minimum atomic E-state index is -3.12. The van der Waals surface area contributed by atoms with Crippen molar-refractivity contribution >= 4 is 27.1 Å². The maximum atomic E-state index is 11.1. The van der Waals surface area contributed by atoms with Gasteiger partial charge in [-0.2, -0.15) is 0 Å². The van der Waals surface area contributed by atoms with Crippen molar-refractivity contribution in [2.24, 2.45) is 0 Å². The predicted octanol–water partition coefficient (Wildman–Crippen LogP) is 0.877.